The molecule has 0 aliphatic carbocycles. The van der Waals surface area contributed by atoms with E-state index in [1.165, 1.54) is 18.2 Å². The van der Waals surface area contributed by atoms with Crippen molar-refractivity contribution < 1.29 is 18.1 Å². The second kappa shape index (κ2) is 7.21. The molecule has 2 aromatic rings. The first-order valence-electron chi connectivity index (χ1n) is 6.82. The smallest absolute Gasteiger partial charge is 0.270 e. The molecule has 122 valence electrons. The van der Waals surface area contributed by atoms with Crippen molar-refractivity contribution in [2.75, 3.05) is 13.2 Å². The fraction of sp³-hybridized carbons (Fsp3) is 0.200. The fourth-order valence-electron chi connectivity index (χ4n) is 1.90. The molecule has 0 aliphatic heterocycles. The van der Waals surface area contributed by atoms with Crippen LogP contribution in [0.1, 0.15) is 5.56 Å². The Kier molecular flexibility index (Phi) is 5.30. The molecule has 0 atom stereocenters. The van der Waals surface area contributed by atoms with E-state index in [1.54, 1.807) is 6.07 Å². The Morgan fingerprint density at radius 2 is 1.91 bits per heavy atom. The SMILES string of the molecule is Cc1cccc(OCCNS(=O)(=O)c2cccc([N+](=O)[O-])c2)c1. The molecule has 0 fully saturated rings. The van der Waals surface area contributed by atoms with Gasteiger partial charge >= 0.3 is 0 Å². The third-order valence-electron chi connectivity index (χ3n) is 2.99. The van der Waals surface area contributed by atoms with Crippen molar-refractivity contribution in [3.63, 3.8) is 0 Å². The summed E-state index contributed by atoms with van der Waals surface area (Å²) in [6.45, 7) is 2.13. The van der Waals surface area contributed by atoms with Gasteiger partial charge in [-0.1, -0.05) is 18.2 Å². The molecule has 0 radical (unpaired) electrons. The molecular formula is C15H16N2O5S. The molecule has 2 rings (SSSR count). The van der Waals surface area contributed by atoms with Crippen molar-refractivity contribution in [2.24, 2.45) is 0 Å². The van der Waals surface area contributed by atoms with Gasteiger partial charge in [0.1, 0.15) is 12.4 Å². The van der Waals surface area contributed by atoms with Crippen molar-refractivity contribution in [3.8, 4) is 5.75 Å². The van der Waals surface area contributed by atoms with Crippen LogP contribution in [0.25, 0.3) is 0 Å². The van der Waals surface area contributed by atoms with Crippen LogP contribution in [-0.2, 0) is 10.0 Å². The van der Waals surface area contributed by atoms with Crippen LogP contribution < -0.4 is 9.46 Å². The van der Waals surface area contributed by atoms with E-state index in [9.17, 15) is 18.5 Å². The lowest BCUT2D eigenvalue weighted by Gasteiger charge is -2.09. The Morgan fingerprint density at radius 3 is 2.61 bits per heavy atom. The Labute approximate surface area is 134 Å². The normalized spacial score (nSPS) is 11.2. The highest BCUT2D eigenvalue weighted by Gasteiger charge is 2.17. The number of aryl methyl sites for hydroxylation is 1. The predicted molar refractivity (Wildman–Crippen MR) is 85.0 cm³/mol. The van der Waals surface area contributed by atoms with Crippen molar-refractivity contribution in [1.82, 2.24) is 4.72 Å². The summed E-state index contributed by atoms with van der Waals surface area (Å²) in [5, 5.41) is 10.7. The Morgan fingerprint density at radius 1 is 1.17 bits per heavy atom. The number of nitrogens with one attached hydrogen (secondary N) is 1. The van der Waals surface area contributed by atoms with Gasteiger partial charge in [-0.15, -0.1) is 0 Å². The van der Waals surface area contributed by atoms with E-state index < -0.39 is 14.9 Å². The number of hydrogen-bond donors (Lipinski definition) is 1. The van der Waals surface area contributed by atoms with Gasteiger partial charge in [-0.05, 0) is 30.7 Å². The van der Waals surface area contributed by atoms with E-state index in [0.29, 0.717) is 5.75 Å². The summed E-state index contributed by atoms with van der Waals surface area (Å²) in [6.07, 6.45) is 0. The summed E-state index contributed by atoms with van der Waals surface area (Å²) in [7, 11) is -3.81. The van der Waals surface area contributed by atoms with Gasteiger partial charge in [-0.2, -0.15) is 0 Å². The number of nitrogens with zero attached hydrogens (tertiary/aromatic N) is 1. The molecule has 1 N–H and O–H groups in total. The number of benzene rings is 2. The average Bonchev–Trinajstić information content (AvgIpc) is 2.52. The largest absolute Gasteiger partial charge is 0.492 e. The van der Waals surface area contributed by atoms with Crippen LogP contribution in [0.3, 0.4) is 0 Å². The van der Waals surface area contributed by atoms with E-state index >= 15 is 0 Å². The fourth-order valence-corrected chi connectivity index (χ4v) is 2.95. The molecule has 7 nitrogen and oxygen atoms in total. The molecule has 0 saturated heterocycles. The third kappa shape index (κ3) is 4.76. The molecule has 0 aromatic heterocycles. The number of rotatable bonds is 7. The maximum atomic E-state index is 12.1. The molecule has 0 bridgehead atoms. The number of sulfonamides is 1. The lowest BCUT2D eigenvalue weighted by molar-refractivity contribution is -0.385. The summed E-state index contributed by atoms with van der Waals surface area (Å²) in [5.41, 5.74) is 0.767. The zero-order valence-corrected chi connectivity index (χ0v) is 13.2. The van der Waals surface area contributed by atoms with Gasteiger partial charge in [-0.25, -0.2) is 13.1 Å². The molecule has 0 saturated carbocycles. The van der Waals surface area contributed by atoms with Gasteiger partial charge in [0.25, 0.3) is 5.69 Å². The first kappa shape index (κ1) is 16.9. The third-order valence-corrected chi connectivity index (χ3v) is 4.45. The van der Waals surface area contributed by atoms with Crippen LogP contribution in [0.2, 0.25) is 0 Å². The summed E-state index contributed by atoms with van der Waals surface area (Å²) in [4.78, 5) is 9.91. The minimum absolute atomic E-state index is 0.0545. The molecular weight excluding hydrogens is 320 g/mol. The van der Waals surface area contributed by atoms with Crippen LogP contribution in [0.4, 0.5) is 5.69 Å². The lowest BCUT2D eigenvalue weighted by atomic mass is 10.2. The van der Waals surface area contributed by atoms with Gasteiger partial charge in [0.2, 0.25) is 10.0 Å². The minimum atomic E-state index is -3.81. The predicted octanol–water partition coefficient (Wildman–Crippen LogP) is 2.26. The highest BCUT2D eigenvalue weighted by molar-refractivity contribution is 7.89. The van der Waals surface area contributed by atoms with Crippen LogP contribution >= 0.6 is 0 Å². The van der Waals surface area contributed by atoms with E-state index in [0.717, 1.165) is 11.6 Å². The van der Waals surface area contributed by atoms with Gasteiger partial charge in [0, 0.05) is 18.7 Å². The molecule has 23 heavy (non-hydrogen) atoms. The minimum Gasteiger partial charge on any atom is -0.492 e. The zero-order chi connectivity index (χ0) is 16.9. The average molecular weight is 336 g/mol. The lowest BCUT2D eigenvalue weighted by Crippen LogP contribution is -2.28. The quantitative estimate of drug-likeness (QED) is 0.475. The summed E-state index contributed by atoms with van der Waals surface area (Å²) >= 11 is 0. The number of non-ortho nitro benzene ring substituents is 1. The molecule has 0 heterocycles. The first-order chi connectivity index (χ1) is 10.9. The van der Waals surface area contributed by atoms with E-state index in [-0.39, 0.29) is 23.7 Å². The number of hydrogen-bond acceptors (Lipinski definition) is 5. The summed E-state index contributed by atoms with van der Waals surface area (Å²) < 4.78 is 32.0. The summed E-state index contributed by atoms with van der Waals surface area (Å²) in [6, 6.07) is 12.3. The molecule has 8 heteroatoms. The second-order valence-corrected chi connectivity index (χ2v) is 6.58. The van der Waals surface area contributed by atoms with Gasteiger partial charge in [-0.3, -0.25) is 10.1 Å². The number of ether oxygens (including phenoxy) is 1. The van der Waals surface area contributed by atoms with Crippen molar-refractivity contribution in [1.29, 1.82) is 0 Å². The molecule has 0 spiro atoms. The summed E-state index contributed by atoms with van der Waals surface area (Å²) in [5.74, 6) is 0.652. The highest BCUT2D eigenvalue weighted by atomic mass is 32.2. The maximum Gasteiger partial charge on any atom is 0.270 e. The van der Waals surface area contributed by atoms with Crippen LogP contribution in [0.5, 0.6) is 5.75 Å². The number of nitro groups is 1. The highest BCUT2D eigenvalue weighted by Crippen LogP contribution is 2.17. The van der Waals surface area contributed by atoms with Crippen LogP contribution in [-0.4, -0.2) is 26.5 Å². The Balaban J connectivity index is 1.94. The van der Waals surface area contributed by atoms with Crippen molar-refractivity contribution in [2.45, 2.75) is 11.8 Å². The van der Waals surface area contributed by atoms with Crippen molar-refractivity contribution >= 4 is 15.7 Å². The number of nitro benzene ring substituents is 1. The Hall–Kier alpha value is -2.45. The second-order valence-electron chi connectivity index (χ2n) is 4.82. The zero-order valence-electron chi connectivity index (χ0n) is 12.4. The maximum absolute atomic E-state index is 12.1. The molecule has 0 amide bonds. The van der Waals surface area contributed by atoms with Gasteiger partial charge < -0.3 is 4.74 Å². The van der Waals surface area contributed by atoms with Crippen LogP contribution in [0, 0.1) is 17.0 Å². The van der Waals surface area contributed by atoms with Gasteiger partial charge in [0.05, 0.1) is 9.82 Å². The van der Waals surface area contributed by atoms with Crippen molar-refractivity contribution in [3.05, 3.63) is 64.2 Å². The van der Waals surface area contributed by atoms with E-state index in [1.807, 2.05) is 25.1 Å². The molecule has 0 aliphatic rings. The Bertz CT molecular complexity index is 805. The van der Waals surface area contributed by atoms with Crippen LogP contribution in [0.15, 0.2) is 53.4 Å². The topological polar surface area (TPSA) is 98.5 Å². The molecule has 0 unspecified atom stereocenters. The van der Waals surface area contributed by atoms with E-state index in [4.69, 9.17) is 4.74 Å². The molecule has 2 aromatic carbocycles. The monoisotopic (exact) mass is 336 g/mol. The van der Waals surface area contributed by atoms with Gasteiger partial charge in [0.15, 0.2) is 0 Å². The van der Waals surface area contributed by atoms with E-state index in [2.05, 4.69) is 4.72 Å². The first-order valence-corrected chi connectivity index (χ1v) is 8.30. The standard InChI is InChI=1S/C15H16N2O5S/c1-12-4-2-6-14(10-12)22-9-8-16-23(20,21)15-7-3-5-13(11-15)17(18)19/h2-7,10-11,16H,8-9H2,1H3.